The van der Waals surface area contributed by atoms with Gasteiger partial charge >= 0.3 is 0 Å². The predicted molar refractivity (Wildman–Crippen MR) is 66.9 cm³/mol. The van der Waals surface area contributed by atoms with Crippen LogP contribution in [0.3, 0.4) is 0 Å². The van der Waals surface area contributed by atoms with Crippen LogP contribution in [0.2, 0.25) is 10.0 Å². The lowest BCUT2D eigenvalue weighted by atomic mass is 10.2. The van der Waals surface area contributed by atoms with E-state index in [9.17, 15) is 5.11 Å². The standard InChI is InChI=1S/C12H15Cl2NO/c13-10-2-1-3-11(14)9(10)6-15-7-12(16)8-4-5-8/h1-3,8,12,15-16H,4-7H2. The van der Waals surface area contributed by atoms with Crippen LogP contribution in [0.4, 0.5) is 0 Å². The Hall–Kier alpha value is -0.280. The maximum Gasteiger partial charge on any atom is 0.0692 e. The number of hydrogen-bond acceptors (Lipinski definition) is 2. The van der Waals surface area contributed by atoms with Gasteiger partial charge in [0.1, 0.15) is 0 Å². The molecule has 1 unspecified atom stereocenters. The summed E-state index contributed by atoms with van der Waals surface area (Å²) in [6.45, 7) is 1.20. The molecule has 0 aliphatic heterocycles. The smallest absolute Gasteiger partial charge is 0.0692 e. The van der Waals surface area contributed by atoms with Crippen LogP contribution >= 0.6 is 23.2 Å². The number of benzene rings is 1. The Labute approximate surface area is 106 Å². The Bertz CT molecular complexity index is 346. The summed E-state index contributed by atoms with van der Waals surface area (Å²) in [5.74, 6) is 0.495. The highest BCUT2D eigenvalue weighted by molar-refractivity contribution is 6.35. The first-order chi connectivity index (χ1) is 7.68. The molecule has 0 spiro atoms. The number of aliphatic hydroxyl groups excluding tert-OH is 1. The summed E-state index contributed by atoms with van der Waals surface area (Å²) in [6.07, 6.45) is 2.06. The molecule has 2 nitrogen and oxygen atoms in total. The molecule has 1 aliphatic rings. The van der Waals surface area contributed by atoms with Crippen molar-refractivity contribution in [3.63, 3.8) is 0 Å². The van der Waals surface area contributed by atoms with Crippen LogP contribution < -0.4 is 5.32 Å². The highest BCUT2D eigenvalue weighted by Gasteiger charge is 2.29. The van der Waals surface area contributed by atoms with Gasteiger partial charge in [0.15, 0.2) is 0 Å². The van der Waals surface area contributed by atoms with Crippen molar-refractivity contribution in [1.29, 1.82) is 0 Å². The van der Waals surface area contributed by atoms with E-state index in [0.29, 0.717) is 29.1 Å². The van der Waals surface area contributed by atoms with Gasteiger partial charge in [0, 0.05) is 28.7 Å². The monoisotopic (exact) mass is 259 g/mol. The second-order valence-corrected chi connectivity index (χ2v) is 5.05. The van der Waals surface area contributed by atoms with Crippen LogP contribution in [0.25, 0.3) is 0 Å². The van der Waals surface area contributed by atoms with Crippen LogP contribution in [0, 0.1) is 5.92 Å². The first-order valence-electron chi connectivity index (χ1n) is 5.50. The zero-order valence-corrected chi connectivity index (χ0v) is 10.4. The van der Waals surface area contributed by atoms with Gasteiger partial charge in [-0.25, -0.2) is 0 Å². The Balaban J connectivity index is 1.84. The number of nitrogens with one attached hydrogen (secondary N) is 1. The second kappa shape index (κ2) is 5.37. The lowest BCUT2D eigenvalue weighted by Crippen LogP contribution is -2.28. The summed E-state index contributed by atoms with van der Waals surface area (Å²) in [7, 11) is 0. The maximum absolute atomic E-state index is 9.68. The van der Waals surface area contributed by atoms with E-state index >= 15 is 0 Å². The summed E-state index contributed by atoms with van der Waals surface area (Å²) in [4.78, 5) is 0. The normalized spacial score (nSPS) is 17.4. The van der Waals surface area contributed by atoms with Gasteiger partial charge in [-0.3, -0.25) is 0 Å². The lowest BCUT2D eigenvalue weighted by molar-refractivity contribution is 0.148. The molecule has 0 saturated heterocycles. The van der Waals surface area contributed by atoms with Crippen molar-refractivity contribution in [2.75, 3.05) is 6.54 Å². The molecule has 4 heteroatoms. The van der Waals surface area contributed by atoms with Gasteiger partial charge in [0.25, 0.3) is 0 Å². The van der Waals surface area contributed by atoms with Crippen molar-refractivity contribution in [2.24, 2.45) is 5.92 Å². The van der Waals surface area contributed by atoms with Crippen LogP contribution in [0.15, 0.2) is 18.2 Å². The molecule has 2 rings (SSSR count). The molecule has 1 aromatic carbocycles. The molecule has 88 valence electrons. The number of rotatable bonds is 5. The van der Waals surface area contributed by atoms with Gasteiger partial charge < -0.3 is 10.4 Å². The van der Waals surface area contributed by atoms with Gasteiger partial charge in [0.05, 0.1) is 6.10 Å². The number of hydrogen-bond donors (Lipinski definition) is 2. The molecule has 1 atom stereocenters. The molecule has 0 radical (unpaired) electrons. The average Bonchev–Trinajstić information content (AvgIpc) is 3.05. The summed E-state index contributed by atoms with van der Waals surface area (Å²) in [5.41, 5.74) is 0.897. The summed E-state index contributed by atoms with van der Waals surface area (Å²) in [5, 5.41) is 14.2. The first kappa shape index (κ1) is 12.2. The van der Waals surface area contributed by atoms with E-state index in [4.69, 9.17) is 23.2 Å². The van der Waals surface area contributed by atoms with E-state index < -0.39 is 0 Å². The quantitative estimate of drug-likeness (QED) is 0.853. The van der Waals surface area contributed by atoms with E-state index in [2.05, 4.69) is 5.32 Å². The predicted octanol–water partition coefficient (Wildman–Crippen LogP) is 2.85. The molecule has 2 N–H and O–H groups in total. The van der Waals surface area contributed by atoms with Gasteiger partial charge in [-0.15, -0.1) is 0 Å². The third-order valence-electron chi connectivity index (χ3n) is 2.88. The molecular weight excluding hydrogens is 245 g/mol. The molecular formula is C12H15Cl2NO. The van der Waals surface area contributed by atoms with Crippen molar-refractivity contribution < 1.29 is 5.11 Å². The molecule has 1 saturated carbocycles. The molecule has 16 heavy (non-hydrogen) atoms. The Morgan fingerprint density at radius 3 is 2.50 bits per heavy atom. The molecule has 0 bridgehead atoms. The topological polar surface area (TPSA) is 32.3 Å². The van der Waals surface area contributed by atoms with Crippen LogP contribution in [0.5, 0.6) is 0 Å². The van der Waals surface area contributed by atoms with Crippen molar-refractivity contribution >= 4 is 23.2 Å². The first-order valence-corrected chi connectivity index (χ1v) is 6.25. The fourth-order valence-corrected chi connectivity index (χ4v) is 2.23. The highest BCUT2D eigenvalue weighted by atomic mass is 35.5. The molecule has 0 amide bonds. The maximum atomic E-state index is 9.68. The summed E-state index contributed by atoms with van der Waals surface area (Å²) < 4.78 is 0. The largest absolute Gasteiger partial charge is 0.392 e. The number of aliphatic hydroxyl groups is 1. The van der Waals surface area contributed by atoms with Crippen molar-refractivity contribution in [2.45, 2.75) is 25.5 Å². The molecule has 1 aromatic rings. The second-order valence-electron chi connectivity index (χ2n) is 4.24. The number of halogens is 2. The Morgan fingerprint density at radius 1 is 1.31 bits per heavy atom. The highest BCUT2D eigenvalue weighted by Crippen LogP contribution is 2.32. The Morgan fingerprint density at radius 2 is 1.94 bits per heavy atom. The van der Waals surface area contributed by atoms with Crippen molar-refractivity contribution in [1.82, 2.24) is 5.32 Å². The molecule has 0 aromatic heterocycles. The van der Waals surface area contributed by atoms with Crippen molar-refractivity contribution in [3.8, 4) is 0 Å². The average molecular weight is 260 g/mol. The van der Waals surface area contributed by atoms with Crippen LogP contribution in [-0.2, 0) is 6.54 Å². The fraction of sp³-hybridized carbons (Fsp3) is 0.500. The zero-order valence-electron chi connectivity index (χ0n) is 8.92. The van der Waals surface area contributed by atoms with Gasteiger partial charge in [0.2, 0.25) is 0 Å². The zero-order chi connectivity index (χ0) is 11.5. The van der Waals surface area contributed by atoms with E-state index in [1.165, 1.54) is 0 Å². The molecule has 1 fully saturated rings. The minimum atomic E-state index is -0.235. The van der Waals surface area contributed by atoms with E-state index in [1.54, 1.807) is 0 Å². The van der Waals surface area contributed by atoms with Gasteiger partial charge in [-0.2, -0.15) is 0 Å². The van der Waals surface area contributed by atoms with E-state index in [-0.39, 0.29) is 6.10 Å². The van der Waals surface area contributed by atoms with Crippen LogP contribution in [-0.4, -0.2) is 17.8 Å². The summed E-state index contributed by atoms with van der Waals surface area (Å²) >= 11 is 12.1. The third kappa shape index (κ3) is 3.11. The minimum absolute atomic E-state index is 0.235. The lowest BCUT2D eigenvalue weighted by Gasteiger charge is -2.12. The Kier molecular flexibility index (Phi) is 4.09. The van der Waals surface area contributed by atoms with Gasteiger partial charge in [-0.1, -0.05) is 29.3 Å². The molecule has 1 aliphatic carbocycles. The van der Waals surface area contributed by atoms with E-state index in [1.807, 2.05) is 18.2 Å². The SMILES string of the molecule is OC(CNCc1c(Cl)cccc1Cl)C1CC1. The minimum Gasteiger partial charge on any atom is -0.392 e. The fourth-order valence-electron chi connectivity index (χ4n) is 1.69. The van der Waals surface area contributed by atoms with Crippen LogP contribution in [0.1, 0.15) is 18.4 Å². The third-order valence-corrected chi connectivity index (χ3v) is 3.59. The van der Waals surface area contributed by atoms with Gasteiger partial charge in [-0.05, 0) is 30.9 Å². The summed E-state index contributed by atoms with van der Waals surface area (Å²) in [6, 6.07) is 5.47. The van der Waals surface area contributed by atoms with Crippen molar-refractivity contribution in [3.05, 3.63) is 33.8 Å². The van der Waals surface area contributed by atoms with E-state index in [0.717, 1.165) is 18.4 Å². The molecule has 0 heterocycles.